The normalized spacial score (nSPS) is 14.7. The van der Waals surface area contributed by atoms with Crippen molar-refractivity contribution in [3.63, 3.8) is 0 Å². The second-order valence-electron chi connectivity index (χ2n) is 4.63. The van der Waals surface area contributed by atoms with Crippen LogP contribution in [0.2, 0.25) is 0 Å². The number of nitrogens with one attached hydrogen (secondary N) is 2. The maximum absolute atomic E-state index is 12.0. The summed E-state index contributed by atoms with van der Waals surface area (Å²) in [6, 6.07) is 5.23. The smallest absolute Gasteiger partial charge is 0.240 e. The van der Waals surface area contributed by atoms with E-state index in [0.717, 1.165) is 36.2 Å². The van der Waals surface area contributed by atoms with Crippen molar-refractivity contribution in [2.24, 2.45) is 0 Å². The van der Waals surface area contributed by atoms with Crippen LogP contribution in [0.1, 0.15) is 18.9 Å². The van der Waals surface area contributed by atoms with Crippen LogP contribution in [-0.2, 0) is 16.4 Å². The van der Waals surface area contributed by atoms with E-state index < -0.39 is 10.0 Å². The van der Waals surface area contributed by atoms with Gasteiger partial charge in [0.05, 0.1) is 4.90 Å². The van der Waals surface area contributed by atoms with Crippen molar-refractivity contribution in [3.8, 4) is 0 Å². The molecule has 0 aliphatic carbocycles. The van der Waals surface area contributed by atoms with Gasteiger partial charge < -0.3 is 5.32 Å². The van der Waals surface area contributed by atoms with Crippen molar-refractivity contribution in [2.45, 2.75) is 24.7 Å². The average Bonchev–Trinajstić information content (AvgIpc) is 2.36. The van der Waals surface area contributed by atoms with Crippen LogP contribution in [-0.4, -0.2) is 21.5 Å². The molecule has 1 aromatic rings. The Hall–Kier alpha value is -1.33. The van der Waals surface area contributed by atoms with Crippen LogP contribution in [0.25, 0.3) is 0 Å². The van der Waals surface area contributed by atoms with E-state index >= 15 is 0 Å². The standard InChI is InChI=1S/C13H18N2O2S/c1-10(2)9-15-18(16,17)12-5-6-13-11(8-12)4-3-7-14-13/h5-6,8,14-15H,1,3-4,7,9H2,2H3. The third-order valence-electron chi connectivity index (χ3n) is 2.89. The fourth-order valence-corrected chi connectivity index (χ4v) is 3.07. The molecule has 1 aliphatic heterocycles. The third kappa shape index (κ3) is 2.91. The maximum atomic E-state index is 12.0. The summed E-state index contributed by atoms with van der Waals surface area (Å²) in [5, 5.41) is 3.26. The second-order valence-corrected chi connectivity index (χ2v) is 6.40. The SMILES string of the molecule is C=C(C)CNS(=O)(=O)c1ccc2c(c1)CCCN2. The minimum atomic E-state index is -3.43. The molecule has 0 saturated carbocycles. The molecule has 2 rings (SSSR count). The lowest BCUT2D eigenvalue weighted by Gasteiger charge is -2.18. The molecule has 0 amide bonds. The lowest BCUT2D eigenvalue weighted by atomic mass is 10.0. The van der Waals surface area contributed by atoms with E-state index in [0.29, 0.717) is 4.90 Å². The first kappa shape index (κ1) is 13.1. The van der Waals surface area contributed by atoms with Crippen LogP contribution >= 0.6 is 0 Å². The van der Waals surface area contributed by atoms with Gasteiger partial charge in [-0.05, 0) is 43.5 Å². The number of fused-ring (bicyclic) bond motifs is 1. The van der Waals surface area contributed by atoms with Gasteiger partial charge in [0.25, 0.3) is 0 Å². The van der Waals surface area contributed by atoms with Gasteiger partial charge in [0.2, 0.25) is 10.0 Å². The first-order valence-electron chi connectivity index (χ1n) is 6.00. The summed E-state index contributed by atoms with van der Waals surface area (Å²) < 4.78 is 26.6. The summed E-state index contributed by atoms with van der Waals surface area (Å²) in [7, 11) is -3.43. The first-order chi connectivity index (χ1) is 8.49. The second kappa shape index (κ2) is 5.12. The molecule has 2 N–H and O–H groups in total. The molecule has 0 bridgehead atoms. The van der Waals surface area contributed by atoms with E-state index in [4.69, 9.17) is 0 Å². The molecule has 0 radical (unpaired) electrons. The van der Waals surface area contributed by atoms with Gasteiger partial charge in [-0.3, -0.25) is 0 Å². The fourth-order valence-electron chi connectivity index (χ4n) is 1.92. The Balaban J connectivity index is 2.25. The lowest BCUT2D eigenvalue weighted by molar-refractivity contribution is 0.584. The Morgan fingerprint density at radius 2 is 2.28 bits per heavy atom. The van der Waals surface area contributed by atoms with Gasteiger partial charge in [0, 0.05) is 18.8 Å². The summed E-state index contributed by atoms with van der Waals surface area (Å²) >= 11 is 0. The summed E-state index contributed by atoms with van der Waals surface area (Å²) in [6.07, 6.45) is 1.96. The van der Waals surface area contributed by atoms with Gasteiger partial charge >= 0.3 is 0 Å². The number of rotatable bonds is 4. The molecule has 5 heteroatoms. The van der Waals surface area contributed by atoms with Crippen LogP contribution < -0.4 is 10.0 Å². The van der Waals surface area contributed by atoms with Crippen molar-refractivity contribution in [1.29, 1.82) is 0 Å². The molecule has 0 aromatic heterocycles. The zero-order chi connectivity index (χ0) is 13.2. The van der Waals surface area contributed by atoms with Crippen molar-refractivity contribution < 1.29 is 8.42 Å². The fraction of sp³-hybridized carbons (Fsp3) is 0.385. The lowest BCUT2D eigenvalue weighted by Crippen LogP contribution is -2.25. The molecule has 4 nitrogen and oxygen atoms in total. The molecule has 1 aromatic carbocycles. The molecule has 1 aliphatic rings. The molecule has 0 unspecified atom stereocenters. The third-order valence-corrected chi connectivity index (χ3v) is 4.29. The predicted octanol–water partition coefficient (Wildman–Crippen LogP) is 1.90. The molecule has 18 heavy (non-hydrogen) atoms. The number of aryl methyl sites for hydroxylation is 1. The Morgan fingerprint density at radius 3 is 3.00 bits per heavy atom. The predicted molar refractivity (Wildman–Crippen MR) is 73.3 cm³/mol. The Bertz CT molecular complexity index is 564. The van der Waals surface area contributed by atoms with E-state index in [9.17, 15) is 8.42 Å². The molecular formula is C13H18N2O2S. The minimum Gasteiger partial charge on any atom is -0.385 e. The van der Waals surface area contributed by atoms with Crippen LogP contribution in [0.3, 0.4) is 0 Å². The molecule has 0 saturated heterocycles. The Morgan fingerprint density at radius 1 is 1.50 bits per heavy atom. The van der Waals surface area contributed by atoms with E-state index in [1.807, 2.05) is 6.07 Å². The molecule has 0 atom stereocenters. The van der Waals surface area contributed by atoms with Crippen molar-refractivity contribution >= 4 is 15.7 Å². The van der Waals surface area contributed by atoms with Gasteiger partial charge in [-0.2, -0.15) is 0 Å². The van der Waals surface area contributed by atoms with E-state index in [2.05, 4.69) is 16.6 Å². The van der Waals surface area contributed by atoms with E-state index in [1.165, 1.54) is 0 Å². The summed E-state index contributed by atoms with van der Waals surface area (Å²) in [4.78, 5) is 0.325. The van der Waals surface area contributed by atoms with Gasteiger partial charge in [0.15, 0.2) is 0 Å². The largest absolute Gasteiger partial charge is 0.385 e. The number of benzene rings is 1. The van der Waals surface area contributed by atoms with E-state index in [1.54, 1.807) is 19.1 Å². The number of hydrogen-bond donors (Lipinski definition) is 2. The summed E-state index contributed by atoms with van der Waals surface area (Å²) in [5.74, 6) is 0. The summed E-state index contributed by atoms with van der Waals surface area (Å²) in [5.41, 5.74) is 2.90. The van der Waals surface area contributed by atoms with Crippen molar-refractivity contribution in [3.05, 3.63) is 35.9 Å². The Kier molecular flexibility index (Phi) is 3.73. The van der Waals surface area contributed by atoms with Crippen molar-refractivity contribution in [1.82, 2.24) is 4.72 Å². The molecule has 98 valence electrons. The minimum absolute atomic E-state index is 0.275. The zero-order valence-electron chi connectivity index (χ0n) is 10.5. The molecule has 1 heterocycles. The van der Waals surface area contributed by atoms with Crippen LogP contribution in [0.5, 0.6) is 0 Å². The number of anilines is 1. The van der Waals surface area contributed by atoms with Crippen LogP contribution in [0.4, 0.5) is 5.69 Å². The highest BCUT2D eigenvalue weighted by Gasteiger charge is 2.16. The van der Waals surface area contributed by atoms with Crippen molar-refractivity contribution in [2.75, 3.05) is 18.4 Å². The van der Waals surface area contributed by atoms with Gasteiger partial charge in [0.1, 0.15) is 0 Å². The first-order valence-corrected chi connectivity index (χ1v) is 7.48. The maximum Gasteiger partial charge on any atom is 0.240 e. The van der Waals surface area contributed by atoms with Gasteiger partial charge in [-0.25, -0.2) is 13.1 Å². The molecular weight excluding hydrogens is 248 g/mol. The average molecular weight is 266 g/mol. The monoisotopic (exact) mass is 266 g/mol. The van der Waals surface area contributed by atoms with Gasteiger partial charge in [-0.1, -0.05) is 12.2 Å². The quantitative estimate of drug-likeness (QED) is 0.818. The number of sulfonamides is 1. The zero-order valence-corrected chi connectivity index (χ0v) is 11.3. The summed E-state index contributed by atoms with van der Waals surface area (Å²) in [6.45, 7) is 6.70. The van der Waals surface area contributed by atoms with Crippen LogP contribution in [0.15, 0.2) is 35.2 Å². The highest BCUT2D eigenvalue weighted by Crippen LogP contribution is 2.24. The topological polar surface area (TPSA) is 58.2 Å². The Labute approximate surface area is 108 Å². The highest BCUT2D eigenvalue weighted by molar-refractivity contribution is 7.89. The number of hydrogen-bond acceptors (Lipinski definition) is 3. The van der Waals surface area contributed by atoms with E-state index in [-0.39, 0.29) is 6.54 Å². The van der Waals surface area contributed by atoms with Gasteiger partial charge in [-0.15, -0.1) is 0 Å². The molecule has 0 spiro atoms. The highest BCUT2D eigenvalue weighted by atomic mass is 32.2. The van der Waals surface area contributed by atoms with Crippen LogP contribution in [0, 0.1) is 0 Å². The molecule has 0 fully saturated rings.